The summed E-state index contributed by atoms with van der Waals surface area (Å²) in [4.78, 5) is 0. The van der Waals surface area contributed by atoms with Crippen molar-refractivity contribution in [2.75, 3.05) is 0 Å². The monoisotopic (exact) mass is 121 g/mol. The van der Waals surface area contributed by atoms with Gasteiger partial charge in [-0.15, -0.1) is 11.6 Å². The maximum absolute atomic E-state index is 5.45. The van der Waals surface area contributed by atoms with Crippen LogP contribution in [-0.4, -0.2) is 5.50 Å². The van der Waals surface area contributed by atoms with Gasteiger partial charge in [-0.3, -0.25) is 0 Å². The zero-order chi connectivity index (χ0) is 5.86. The van der Waals surface area contributed by atoms with Crippen molar-refractivity contribution in [3.63, 3.8) is 0 Å². The minimum Gasteiger partial charge on any atom is -0.315 e. The summed E-state index contributed by atoms with van der Waals surface area (Å²) in [5.41, 5.74) is 5.11. The zero-order valence-corrected chi connectivity index (χ0v) is 5.57. The van der Waals surface area contributed by atoms with Gasteiger partial charge < -0.3 is 5.73 Å². The van der Waals surface area contributed by atoms with E-state index in [1.807, 2.05) is 0 Å². The van der Waals surface area contributed by atoms with Crippen LogP contribution < -0.4 is 5.73 Å². The van der Waals surface area contributed by atoms with Crippen molar-refractivity contribution < 1.29 is 0 Å². The van der Waals surface area contributed by atoms with E-state index in [1.165, 1.54) is 0 Å². The highest BCUT2D eigenvalue weighted by atomic mass is 35.5. The molecule has 1 nitrogen and oxygen atoms in total. The summed E-state index contributed by atoms with van der Waals surface area (Å²) in [6.45, 7) is 4.20. The summed E-state index contributed by atoms with van der Waals surface area (Å²) in [5.74, 6) is 0.618. The normalized spacial score (nSPS) is 15.0. The first-order chi connectivity index (χ1) is 3.13. The van der Waals surface area contributed by atoms with Gasteiger partial charge >= 0.3 is 0 Å². The predicted octanol–water partition coefficient (Wildman–Crippen LogP) is 1.56. The Morgan fingerprint density at radius 3 is 2.00 bits per heavy atom. The third-order valence-electron chi connectivity index (χ3n) is 0.697. The van der Waals surface area contributed by atoms with Crippen molar-refractivity contribution >= 4 is 11.6 Å². The molecule has 0 radical (unpaired) electrons. The van der Waals surface area contributed by atoms with Crippen LogP contribution in [0.3, 0.4) is 0 Å². The van der Waals surface area contributed by atoms with Gasteiger partial charge in [0, 0.05) is 0 Å². The number of alkyl halides is 1. The molecule has 0 heterocycles. The first kappa shape index (κ1) is 7.25. The van der Waals surface area contributed by atoms with Crippen molar-refractivity contribution in [2.45, 2.75) is 25.8 Å². The average Bonchev–Trinajstić information content (AvgIpc) is 1.27. The number of nitrogens with two attached hydrogens (primary N) is 1. The van der Waals surface area contributed by atoms with Crippen LogP contribution in [0.5, 0.6) is 0 Å². The molecule has 1 atom stereocenters. The highest BCUT2D eigenvalue weighted by Gasteiger charge is 1.98. The quantitative estimate of drug-likeness (QED) is 0.436. The lowest BCUT2D eigenvalue weighted by atomic mass is 10.1. The fourth-order valence-corrected chi connectivity index (χ4v) is 0.807. The minimum absolute atomic E-state index is 0.153. The smallest absolute Gasteiger partial charge is 0.0802 e. The second kappa shape index (κ2) is 3.28. The summed E-state index contributed by atoms with van der Waals surface area (Å²) >= 11 is 5.45. The van der Waals surface area contributed by atoms with Gasteiger partial charge in [-0.2, -0.15) is 0 Å². The third kappa shape index (κ3) is 6.25. The molecule has 0 aromatic rings. The molecule has 0 fully saturated rings. The predicted molar refractivity (Wildman–Crippen MR) is 33.3 cm³/mol. The lowest BCUT2D eigenvalue weighted by molar-refractivity contribution is 0.572. The summed E-state index contributed by atoms with van der Waals surface area (Å²) in [6.07, 6.45) is 0.904. The fourth-order valence-electron chi connectivity index (χ4n) is 0.450. The molecule has 0 aromatic carbocycles. The molecule has 7 heavy (non-hydrogen) atoms. The number of hydrogen-bond donors (Lipinski definition) is 1. The number of hydrogen-bond acceptors (Lipinski definition) is 1. The van der Waals surface area contributed by atoms with Gasteiger partial charge in [0.25, 0.3) is 0 Å². The van der Waals surface area contributed by atoms with Crippen LogP contribution in [0.4, 0.5) is 0 Å². The van der Waals surface area contributed by atoms with E-state index in [2.05, 4.69) is 13.8 Å². The highest BCUT2D eigenvalue weighted by molar-refractivity contribution is 6.20. The maximum atomic E-state index is 5.45. The molecule has 0 saturated heterocycles. The van der Waals surface area contributed by atoms with Crippen molar-refractivity contribution in [3.8, 4) is 0 Å². The van der Waals surface area contributed by atoms with Crippen LogP contribution in [-0.2, 0) is 0 Å². The van der Waals surface area contributed by atoms with E-state index in [4.69, 9.17) is 17.3 Å². The Bertz CT molecular complexity index is 37.3. The van der Waals surface area contributed by atoms with Gasteiger partial charge in [-0.1, -0.05) is 13.8 Å². The Balaban J connectivity index is 2.95. The minimum atomic E-state index is -0.153. The van der Waals surface area contributed by atoms with Gasteiger partial charge in [0.05, 0.1) is 5.50 Å². The molecule has 0 amide bonds. The first-order valence-electron chi connectivity index (χ1n) is 2.52. The van der Waals surface area contributed by atoms with E-state index in [0.29, 0.717) is 5.92 Å². The van der Waals surface area contributed by atoms with Crippen LogP contribution in [0.15, 0.2) is 0 Å². The second-order valence-corrected chi connectivity index (χ2v) is 2.71. The largest absolute Gasteiger partial charge is 0.315 e. The van der Waals surface area contributed by atoms with Gasteiger partial charge in [0.2, 0.25) is 0 Å². The second-order valence-electron chi connectivity index (χ2n) is 2.15. The van der Waals surface area contributed by atoms with E-state index in [9.17, 15) is 0 Å². The maximum Gasteiger partial charge on any atom is 0.0802 e. The third-order valence-corrected chi connectivity index (χ3v) is 0.875. The number of halogens is 1. The lowest BCUT2D eigenvalue weighted by Gasteiger charge is -2.03. The van der Waals surface area contributed by atoms with E-state index in [0.717, 1.165) is 6.42 Å². The summed E-state index contributed by atoms with van der Waals surface area (Å²) < 4.78 is 0. The fraction of sp³-hybridized carbons (Fsp3) is 1.00. The molecule has 0 rings (SSSR count). The SMILES string of the molecule is CC(C)CC(N)Cl. The van der Waals surface area contributed by atoms with Crippen LogP contribution in [0.1, 0.15) is 20.3 Å². The van der Waals surface area contributed by atoms with E-state index >= 15 is 0 Å². The Labute approximate surface area is 49.8 Å². The molecule has 1 unspecified atom stereocenters. The van der Waals surface area contributed by atoms with Gasteiger partial charge in [-0.25, -0.2) is 0 Å². The van der Waals surface area contributed by atoms with Gasteiger partial charge in [-0.05, 0) is 12.3 Å². The molecular weight excluding hydrogens is 110 g/mol. The van der Waals surface area contributed by atoms with E-state index < -0.39 is 0 Å². The molecule has 0 aliphatic heterocycles. The molecule has 2 heteroatoms. The van der Waals surface area contributed by atoms with Crippen molar-refractivity contribution in [1.82, 2.24) is 0 Å². The van der Waals surface area contributed by atoms with Crippen LogP contribution in [0, 0.1) is 5.92 Å². The highest BCUT2D eigenvalue weighted by Crippen LogP contribution is 2.03. The zero-order valence-electron chi connectivity index (χ0n) is 4.82. The van der Waals surface area contributed by atoms with Crippen molar-refractivity contribution in [3.05, 3.63) is 0 Å². The van der Waals surface area contributed by atoms with E-state index in [-0.39, 0.29) is 5.50 Å². The molecule has 0 aliphatic rings. The number of rotatable bonds is 2. The average molecular weight is 122 g/mol. The lowest BCUT2D eigenvalue weighted by Crippen LogP contribution is -2.13. The molecule has 0 aromatic heterocycles. The standard InChI is InChI=1S/C5H12ClN/c1-4(2)3-5(6)7/h4-5H,3,7H2,1-2H3. The molecule has 2 N–H and O–H groups in total. The van der Waals surface area contributed by atoms with Crippen molar-refractivity contribution in [2.24, 2.45) is 11.7 Å². The van der Waals surface area contributed by atoms with E-state index in [1.54, 1.807) is 0 Å². The first-order valence-corrected chi connectivity index (χ1v) is 2.96. The Morgan fingerprint density at radius 1 is 1.57 bits per heavy atom. The molecule has 0 spiro atoms. The Kier molecular flexibility index (Phi) is 3.39. The Morgan fingerprint density at radius 2 is 2.00 bits per heavy atom. The van der Waals surface area contributed by atoms with Crippen LogP contribution in [0.25, 0.3) is 0 Å². The molecule has 0 bridgehead atoms. The summed E-state index contributed by atoms with van der Waals surface area (Å²) in [6, 6.07) is 0. The van der Waals surface area contributed by atoms with Gasteiger partial charge in [0.1, 0.15) is 0 Å². The summed E-state index contributed by atoms with van der Waals surface area (Å²) in [5, 5.41) is 0. The van der Waals surface area contributed by atoms with Crippen LogP contribution in [0.2, 0.25) is 0 Å². The topological polar surface area (TPSA) is 26.0 Å². The van der Waals surface area contributed by atoms with Gasteiger partial charge in [0.15, 0.2) is 0 Å². The summed E-state index contributed by atoms with van der Waals surface area (Å²) in [7, 11) is 0. The van der Waals surface area contributed by atoms with Crippen molar-refractivity contribution in [1.29, 1.82) is 0 Å². The Hall–Kier alpha value is 0.250. The van der Waals surface area contributed by atoms with Crippen LogP contribution >= 0.6 is 11.6 Å². The molecule has 0 saturated carbocycles. The molecular formula is C5H12ClN. The molecule has 0 aliphatic carbocycles. The molecule has 44 valence electrons.